The maximum atomic E-state index is 12.1. The first-order valence-corrected chi connectivity index (χ1v) is 10.9. The molecule has 9 heteroatoms. The lowest BCUT2D eigenvalue weighted by molar-refractivity contribution is -0.117. The smallest absolute Gasteiger partial charge is 0.245 e. The summed E-state index contributed by atoms with van der Waals surface area (Å²) in [6.45, 7) is 0. The molecule has 1 aliphatic rings. The van der Waals surface area contributed by atoms with Crippen LogP contribution in [0.5, 0.6) is 0 Å². The van der Waals surface area contributed by atoms with Crippen LogP contribution in [0.25, 0.3) is 6.08 Å². The Morgan fingerprint density at radius 2 is 1.92 bits per heavy atom. The van der Waals surface area contributed by atoms with E-state index in [1.54, 1.807) is 6.08 Å². The zero-order valence-corrected chi connectivity index (χ0v) is 18.0. The standard InChI is InChI=1S/C17H22Cl3N3OS2/c18-17(19,20)15(22-14(24)10-9-13-8-5-11-26-13)23-16(25)21-12-6-3-1-2-4-7-12/h5,8-12,15H,1-4,6-7H2,(H,22,24)(H2,21,23,25)/b10-9+. The molecule has 1 saturated carbocycles. The lowest BCUT2D eigenvalue weighted by Crippen LogP contribution is -2.58. The summed E-state index contributed by atoms with van der Waals surface area (Å²) in [6, 6.07) is 4.12. The average Bonchev–Trinajstić information content (AvgIpc) is 2.95. The molecule has 0 radical (unpaired) electrons. The second-order valence-corrected chi connectivity index (χ2v) is 9.89. The van der Waals surface area contributed by atoms with Gasteiger partial charge in [-0.1, -0.05) is 66.6 Å². The van der Waals surface area contributed by atoms with E-state index in [9.17, 15) is 4.79 Å². The molecule has 26 heavy (non-hydrogen) atoms. The van der Waals surface area contributed by atoms with Crippen molar-refractivity contribution in [3.8, 4) is 0 Å². The molecular weight excluding hydrogens is 433 g/mol. The van der Waals surface area contributed by atoms with E-state index in [-0.39, 0.29) is 5.91 Å². The molecule has 1 amide bonds. The summed E-state index contributed by atoms with van der Waals surface area (Å²) >= 11 is 24.9. The van der Waals surface area contributed by atoms with Crippen LogP contribution in [0.15, 0.2) is 23.6 Å². The molecule has 1 aromatic rings. The minimum absolute atomic E-state index is 0.308. The Balaban J connectivity index is 1.89. The van der Waals surface area contributed by atoms with Gasteiger partial charge in [-0.25, -0.2) is 0 Å². The fourth-order valence-corrected chi connectivity index (χ4v) is 3.95. The Morgan fingerprint density at radius 1 is 1.23 bits per heavy atom. The predicted octanol–water partition coefficient (Wildman–Crippen LogP) is 4.76. The van der Waals surface area contributed by atoms with Crippen molar-refractivity contribution in [3.05, 3.63) is 28.5 Å². The van der Waals surface area contributed by atoms with Crippen molar-refractivity contribution in [1.29, 1.82) is 0 Å². The zero-order valence-electron chi connectivity index (χ0n) is 14.1. The molecule has 0 aliphatic heterocycles. The molecule has 0 bridgehead atoms. The molecule has 1 heterocycles. The Kier molecular flexibility index (Phi) is 8.97. The molecule has 1 fully saturated rings. The lowest BCUT2D eigenvalue weighted by atomic mass is 10.1. The van der Waals surface area contributed by atoms with Crippen molar-refractivity contribution in [2.45, 2.75) is 54.5 Å². The topological polar surface area (TPSA) is 53.2 Å². The molecule has 1 aromatic heterocycles. The van der Waals surface area contributed by atoms with Gasteiger partial charge in [0.1, 0.15) is 6.17 Å². The van der Waals surface area contributed by atoms with E-state index >= 15 is 0 Å². The first-order valence-electron chi connectivity index (χ1n) is 8.50. The van der Waals surface area contributed by atoms with Gasteiger partial charge in [-0.2, -0.15) is 0 Å². The molecule has 1 unspecified atom stereocenters. The fourth-order valence-electron chi connectivity index (χ4n) is 2.72. The molecule has 4 nitrogen and oxygen atoms in total. The number of carbonyl (C=O) groups is 1. The van der Waals surface area contributed by atoms with Crippen molar-refractivity contribution in [2.75, 3.05) is 0 Å². The molecule has 144 valence electrons. The first-order chi connectivity index (χ1) is 12.3. The SMILES string of the molecule is O=C(/C=C/c1cccs1)NC(NC(=S)NC1CCCCCC1)C(Cl)(Cl)Cl. The van der Waals surface area contributed by atoms with Crippen molar-refractivity contribution in [1.82, 2.24) is 16.0 Å². The van der Waals surface area contributed by atoms with E-state index < -0.39 is 9.96 Å². The zero-order chi connectivity index (χ0) is 19.0. The highest BCUT2D eigenvalue weighted by Gasteiger charge is 2.34. The number of hydrogen-bond donors (Lipinski definition) is 3. The van der Waals surface area contributed by atoms with Gasteiger partial charge < -0.3 is 16.0 Å². The van der Waals surface area contributed by atoms with E-state index in [2.05, 4.69) is 16.0 Å². The number of amides is 1. The summed E-state index contributed by atoms with van der Waals surface area (Å²) < 4.78 is -1.75. The van der Waals surface area contributed by atoms with Crippen LogP contribution in [-0.2, 0) is 4.79 Å². The van der Waals surface area contributed by atoms with Crippen LogP contribution in [0.2, 0.25) is 0 Å². The first kappa shape index (κ1) is 21.8. The monoisotopic (exact) mass is 453 g/mol. The van der Waals surface area contributed by atoms with Crippen LogP contribution in [0, 0.1) is 0 Å². The summed E-state index contributed by atoms with van der Waals surface area (Å²) in [7, 11) is 0. The molecule has 0 aromatic carbocycles. The van der Waals surface area contributed by atoms with Crippen molar-refractivity contribution in [2.24, 2.45) is 0 Å². The highest BCUT2D eigenvalue weighted by Crippen LogP contribution is 2.29. The summed E-state index contributed by atoms with van der Waals surface area (Å²) in [6.07, 6.45) is 9.15. The van der Waals surface area contributed by atoms with Gasteiger partial charge in [0.25, 0.3) is 0 Å². The van der Waals surface area contributed by atoms with E-state index in [0.29, 0.717) is 11.2 Å². The van der Waals surface area contributed by atoms with Crippen LogP contribution < -0.4 is 16.0 Å². The normalized spacial score (nSPS) is 17.5. The third-order valence-electron chi connectivity index (χ3n) is 4.02. The highest BCUT2D eigenvalue weighted by atomic mass is 35.6. The average molecular weight is 455 g/mol. The van der Waals surface area contributed by atoms with Crippen molar-refractivity contribution < 1.29 is 4.79 Å². The Bertz CT molecular complexity index is 609. The molecule has 3 N–H and O–H groups in total. The number of rotatable bonds is 5. The number of carbonyl (C=O) groups excluding carboxylic acids is 1. The molecule has 1 aliphatic carbocycles. The molecule has 0 saturated heterocycles. The number of halogens is 3. The van der Waals surface area contributed by atoms with Gasteiger partial charge in [0.2, 0.25) is 9.70 Å². The van der Waals surface area contributed by atoms with Crippen LogP contribution in [0.1, 0.15) is 43.4 Å². The minimum atomic E-state index is -1.75. The third kappa shape index (κ3) is 8.01. The van der Waals surface area contributed by atoms with Gasteiger partial charge >= 0.3 is 0 Å². The van der Waals surface area contributed by atoms with Gasteiger partial charge in [-0.15, -0.1) is 11.3 Å². The summed E-state index contributed by atoms with van der Waals surface area (Å²) in [5.41, 5.74) is 0. The molecule has 1 atom stereocenters. The van der Waals surface area contributed by atoms with E-state index in [4.69, 9.17) is 47.0 Å². The van der Waals surface area contributed by atoms with Crippen LogP contribution in [0.4, 0.5) is 0 Å². The Labute approximate surface area is 178 Å². The summed E-state index contributed by atoms with van der Waals surface area (Å²) in [4.78, 5) is 13.1. The number of alkyl halides is 3. The van der Waals surface area contributed by atoms with Gasteiger partial charge in [0.05, 0.1) is 0 Å². The van der Waals surface area contributed by atoms with Crippen LogP contribution >= 0.6 is 58.4 Å². The van der Waals surface area contributed by atoms with Gasteiger partial charge in [-0.05, 0) is 42.6 Å². The minimum Gasteiger partial charge on any atom is -0.360 e. The van der Waals surface area contributed by atoms with Gasteiger partial charge in [-0.3, -0.25) is 4.79 Å². The highest BCUT2D eigenvalue weighted by molar-refractivity contribution is 7.80. The quantitative estimate of drug-likeness (QED) is 0.197. The van der Waals surface area contributed by atoms with Crippen LogP contribution in [-0.4, -0.2) is 27.0 Å². The lowest BCUT2D eigenvalue weighted by Gasteiger charge is -2.28. The molecular formula is C17H22Cl3N3OS2. The van der Waals surface area contributed by atoms with E-state index in [1.165, 1.54) is 43.1 Å². The van der Waals surface area contributed by atoms with Crippen molar-refractivity contribution >= 4 is 75.5 Å². The summed E-state index contributed by atoms with van der Waals surface area (Å²) in [5, 5.41) is 11.1. The second-order valence-electron chi connectivity index (χ2n) is 6.14. The second kappa shape index (κ2) is 10.7. The Hall–Kier alpha value is -0.530. The van der Waals surface area contributed by atoms with E-state index in [1.807, 2.05) is 17.5 Å². The maximum absolute atomic E-state index is 12.1. The number of thiophene rings is 1. The van der Waals surface area contributed by atoms with Gasteiger partial charge in [0.15, 0.2) is 5.11 Å². The summed E-state index contributed by atoms with van der Waals surface area (Å²) in [5.74, 6) is -0.375. The number of thiocarbonyl (C=S) groups is 1. The molecule has 0 spiro atoms. The number of hydrogen-bond acceptors (Lipinski definition) is 3. The largest absolute Gasteiger partial charge is 0.360 e. The Morgan fingerprint density at radius 3 is 2.50 bits per heavy atom. The van der Waals surface area contributed by atoms with E-state index in [0.717, 1.165) is 17.7 Å². The third-order valence-corrected chi connectivity index (χ3v) is 5.75. The fraction of sp³-hybridized carbons (Fsp3) is 0.529. The predicted molar refractivity (Wildman–Crippen MR) is 116 cm³/mol. The molecule has 2 rings (SSSR count). The maximum Gasteiger partial charge on any atom is 0.245 e. The van der Waals surface area contributed by atoms with Crippen molar-refractivity contribution in [3.63, 3.8) is 0 Å². The van der Waals surface area contributed by atoms with Crippen LogP contribution in [0.3, 0.4) is 0 Å². The van der Waals surface area contributed by atoms with Gasteiger partial charge in [0, 0.05) is 17.0 Å². The number of nitrogens with one attached hydrogen (secondary N) is 3.